The van der Waals surface area contributed by atoms with Gasteiger partial charge in [0.25, 0.3) is 0 Å². The Bertz CT molecular complexity index is 449. The molecule has 0 aromatic heterocycles. The molecule has 0 heterocycles. The van der Waals surface area contributed by atoms with Crippen LogP contribution in [0.5, 0.6) is 0 Å². The molecule has 3 nitrogen and oxygen atoms in total. The maximum Gasteiger partial charge on any atom is 0.152 e. The molecule has 2 fully saturated rings. The van der Waals surface area contributed by atoms with Crippen LogP contribution in [0.15, 0.2) is 12.2 Å². The van der Waals surface area contributed by atoms with E-state index in [9.17, 15) is 15.0 Å². The van der Waals surface area contributed by atoms with Crippen molar-refractivity contribution in [2.45, 2.75) is 72.0 Å². The third-order valence-electron chi connectivity index (χ3n) is 6.27. The van der Waals surface area contributed by atoms with Gasteiger partial charge in [0.2, 0.25) is 0 Å². The van der Waals surface area contributed by atoms with Crippen LogP contribution in [0.1, 0.15) is 60.3 Å². The summed E-state index contributed by atoms with van der Waals surface area (Å²) in [5, 5.41) is 21.4. The van der Waals surface area contributed by atoms with Crippen LogP contribution in [0.4, 0.5) is 0 Å². The van der Waals surface area contributed by atoms with E-state index in [1.165, 1.54) is 6.92 Å². The minimum atomic E-state index is -1.18. The number of fused-ring (bicyclic) bond motifs is 1. The predicted molar refractivity (Wildman–Crippen MR) is 83.8 cm³/mol. The summed E-state index contributed by atoms with van der Waals surface area (Å²) < 4.78 is 0. The lowest BCUT2D eigenvalue weighted by molar-refractivity contribution is -0.204. The molecule has 5 atom stereocenters. The van der Waals surface area contributed by atoms with Gasteiger partial charge in [-0.2, -0.15) is 0 Å². The van der Waals surface area contributed by atoms with Crippen LogP contribution in [-0.4, -0.2) is 27.7 Å². The minimum Gasteiger partial charge on any atom is -0.390 e. The number of rotatable bonds is 2. The Morgan fingerprint density at radius 1 is 1.19 bits per heavy atom. The lowest BCUT2D eigenvalue weighted by Gasteiger charge is -2.61. The van der Waals surface area contributed by atoms with Gasteiger partial charge in [0.1, 0.15) is 0 Å². The van der Waals surface area contributed by atoms with Crippen LogP contribution in [0.2, 0.25) is 0 Å². The highest BCUT2D eigenvalue weighted by atomic mass is 16.3. The maximum absolute atomic E-state index is 11.3. The summed E-state index contributed by atoms with van der Waals surface area (Å²) >= 11 is 0. The molecule has 0 aromatic rings. The summed E-state index contributed by atoms with van der Waals surface area (Å²) in [7, 11) is 0. The normalized spacial score (nSPS) is 46.3. The summed E-state index contributed by atoms with van der Waals surface area (Å²) in [6.07, 6.45) is 6.63. The van der Waals surface area contributed by atoms with E-state index < -0.39 is 11.7 Å². The number of hydrogen-bond acceptors (Lipinski definition) is 3. The molecular formula is C18H30O3. The largest absolute Gasteiger partial charge is 0.390 e. The highest BCUT2D eigenvalue weighted by molar-refractivity contribution is 5.87. The first kappa shape index (κ1) is 16.7. The monoisotopic (exact) mass is 294 g/mol. The SMILES string of the molecule is CC(=O)/C=C/[C@H]1[C@](C)(O)[C@@H](O)C[C@@H]2C(C)(C)CCC[C@@]21C. The van der Waals surface area contributed by atoms with Crippen LogP contribution in [0.3, 0.4) is 0 Å². The Kier molecular flexibility index (Phi) is 4.14. The molecular weight excluding hydrogens is 264 g/mol. The number of allylic oxidation sites excluding steroid dienone is 1. The molecule has 3 heteroatoms. The van der Waals surface area contributed by atoms with Gasteiger partial charge in [0.15, 0.2) is 5.78 Å². The Balaban J connectivity index is 2.47. The summed E-state index contributed by atoms with van der Waals surface area (Å²) in [6, 6.07) is 0. The summed E-state index contributed by atoms with van der Waals surface area (Å²) in [4.78, 5) is 11.3. The van der Waals surface area contributed by atoms with Gasteiger partial charge in [0, 0.05) is 5.92 Å². The van der Waals surface area contributed by atoms with E-state index >= 15 is 0 Å². The van der Waals surface area contributed by atoms with Gasteiger partial charge < -0.3 is 10.2 Å². The van der Waals surface area contributed by atoms with Gasteiger partial charge in [-0.1, -0.05) is 33.3 Å². The first-order chi connectivity index (χ1) is 9.52. The van der Waals surface area contributed by atoms with Gasteiger partial charge in [-0.05, 0) is 55.9 Å². The van der Waals surface area contributed by atoms with E-state index in [1.54, 1.807) is 13.0 Å². The summed E-state index contributed by atoms with van der Waals surface area (Å²) in [5.74, 6) is 0.152. The van der Waals surface area contributed by atoms with Crippen molar-refractivity contribution in [2.75, 3.05) is 0 Å². The topological polar surface area (TPSA) is 57.5 Å². The Morgan fingerprint density at radius 2 is 1.81 bits per heavy atom. The molecule has 0 saturated heterocycles. The second-order valence-electron chi connectivity index (χ2n) is 8.33. The van der Waals surface area contributed by atoms with E-state index in [4.69, 9.17) is 0 Å². The van der Waals surface area contributed by atoms with Crippen molar-refractivity contribution >= 4 is 5.78 Å². The van der Waals surface area contributed by atoms with E-state index in [0.717, 1.165) is 19.3 Å². The molecule has 0 amide bonds. The van der Waals surface area contributed by atoms with Crippen molar-refractivity contribution in [2.24, 2.45) is 22.7 Å². The molecule has 0 bridgehead atoms. The third kappa shape index (κ3) is 2.70. The van der Waals surface area contributed by atoms with E-state index in [0.29, 0.717) is 12.3 Å². The molecule has 120 valence electrons. The van der Waals surface area contributed by atoms with E-state index in [1.807, 2.05) is 6.08 Å². The van der Waals surface area contributed by atoms with Crippen LogP contribution in [-0.2, 0) is 4.79 Å². The van der Waals surface area contributed by atoms with Gasteiger partial charge >= 0.3 is 0 Å². The van der Waals surface area contributed by atoms with Crippen molar-refractivity contribution in [3.05, 3.63) is 12.2 Å². The highest BCUT2D eigenvalue weighted by Crippen LogP contribution is 2.62. The molecule has 21 heavy (non-hydrogen) atoms. The summed E-state index contributed by atoms with van der Waals surface area (Å²) in [6.45, 7) is 10.0. The molecule has 2 aliphatic rings. The quantitative estimate of drug-likeness (QED) is 0.769. The van der Waals surface area contributed by atoms with Crippen molar-refractivity contribution < 1.29 is 15.0 Å². The molecule has 2 saturated carbocycles. The van der Waals surface area contributed by atoms with Gasteiger partial charge in [-0.25, -0.2) is 0 Å². The second-order valence-corrected chi connectivity index (χ2v) is 8.33. The lowest BCUT2D eigenvalue weighted by Crippen LogP contribution is -2.62. The van der Waals surface area contributed by atoms with Crippen molar-refractivity contribution in [3.63, 3.8) is 0 Å². The molecule has 0 radical (unpaired) electrons. The standard InChI is InChI=1S/C18H30O3/c1-12(19)7-8-13-17(4)10-6-9-16(2,3)14(17)11-15(20)18(13,5)21/h7-8,13-15,20-21H,6,9-11H2,1-5H3/b8-7+/t13-,14-,15+,17-,18+/m1/s1. The Hall–Kier alpha value is -0.670. The zero-order valence-electron chi connectivity index (χ0n) is 14.0. The van der Waals surface area contributed by atoms with Gasteiger partial charge in [0.05, 0.1) is 11.7 Å². The number of hydrogen-bond donors (Lipinski definition) is 2. The fourth-order valence-electron chi connectivity index (χ4n) is 5.11. The van der Waals surface area contributed by atoms with Gasteiger partial charge in [-0.15, -0.1) is 0 Å². The second kappa shape index (κ2) is 5.20. The fourth-order valence-corrected chi connectivity index (χ4v) is 5.11. The van der Waals surface area contributed by atoms with E-state index in [2.05, 4.69) is 20.8 Å². The number of aliphatic hydroxyl groups excluding tert-OH is 1. The number of carbonyl (C=O) groups excluding carboxylic acids is 1. The Morgan fingerprint density at radius 3 is 2.38 bits per heavy atom. The molecule has 0 aliphatic heterocycles. The van der Waals surface area contributed by atoms with Gasteiger partial charge in [-0.3, -0.25) is 4.79 Å². The molecule has 0 aromatic carbocycles. The molecule has 2 aliphatic carbocycles. The predicted octanol–water partition coefficient (Wildman–Crippen LogP) is 3.10. The zero-order chi connectivity index (χ0) is 16.1. The number of carbonyl (C=O) groups is 1. The third-order valence-corrected chi connectivity index (χ3v) is 6.27. The fraction of sp³-hybridized carbons (Fsp3) is 0.833. The number of aliphatic hydroxyl groups is 2. The van der Waals surface area contributed by atoms with Crippen LogP contribution >= 0.6 is 0 Å². The maximum atomic E-state index is 11.3. The van der Waals surface area contributed by atoms with Crippen molar-refractivity contribution in [1.29, 1.82) is 0 Å². The van der Waals surface area contributed by atoms with Crippen LogP contribution < -0.4 is 0 Å². The molecule has 2 N–H and O–H groups in total. The Labute approximate surface area is 128 Å². The summed E-state index contributed by atoms with van der Waals surface area (Å²) in [5.41, 5.74) is -1.09. The van der Waals surface area contributed by atoms with E-state index in [-0.39, 0.29) is 22.5 Å². The van der Waals surface area contributed by atoms with Crippen molar-refractivity contribution in [3.8, 4) is 0 Å². The van der Waals surface area contributed by atoms with Crippen molar-refractivity contribution in [1.82, 2.24) is 0 Å². The molecule has 2 rings (SSSR count). The lowest BCUT2D eigenvalue weighted by atomic mass is 9.45. The first-order valence-electron chi connectivity index (χ1n) is 8.11. The molecule has 0 unspecified atom stereocenters. The minimum absolute atomic E-state index is 0.0129. The zero-order valence-corrected chi connectivity index (χ0v) is 14.0. The van der Waals surface area contributed by atoms with Crippen LogP contribution in [0, 0.1) is 22.7 Å². The smallest absolute Gasteiger partial charge is 0.152 e. The van der Waals surface area contributed by atoms with Crippen LogP contribution in [0.25, 0.3) is 0 Å². The molecule has 0 spiro atoms. The number of ketones is 1. The highest BCUT2D eigenvalue weighted by Gasteiger charge is 2.60. The average Bonchev–Trinajstić information content (AvgIpc) is 2.31. The first-order valence-corrected chi connectivity index (χ1v) is 8.11. The average molecular weight is 294 g/mol.